The van der Waals surface area contributed by atoms with Crippen molar-refractivity contribution >= 4 is 17.9 Å². The first-order valence-electron chi connectivity index (χ1n) is 6.41. The van der Waals surface area contributed by atoms with Gasteiger partial charge in [0.15, 0.2) is 0 Å². The van der Waals surface area contributed by atoms with Crippen LogP contribution in [0.1, 0.15) is 26.7 Å². The molecule has 0 radical (unpaired) electrons. The minimum Gasteiger partial charge on any atom is -0.481 e. The van der Waals surface area contributed by atoms with Gasteiger partial charge in [0.25, 0.3) is 0 Å². The lowest BCUT2D eigenvalue weighted by Crippen LogP contribution is -2.50. The maximum Gasteiger partial charge on any atom is 0.321 e. The Balaban J connectivity index is 2.46. The number of urea groups is 1. The highest BCUT2D eigenvalue weighted by molar-refractivity contribution is 5.95. The number of carbonyl (C=O) groups excluding carboxylic acids is 2. The Morgan fingerprint density at radius 2 is 2.05 bits per heavy atom. The summed E-state index contributed by atoms with van der Waals surface area (Å²) >= 11 is 0. The third-order valence-electron chi connectivity index (χ3n) is 3.25. The van der Waals surface area contributed by atoms with E-state index < -0.39 is 23.3 Å². The molecule has 108 valence electrons. The molecule has 1 unspecified atom stereocenters. The van der Waals surface area contributed by atoms with Crippen LogP contribution in [-0.4, -0.2) is 54.1 Å². The largest absolute Gasteiger partial charge is 0.481 e. The number of hydrogen-bond acceptors (Lipinski definition) is 4. The van der Waals surface area contributed by atoms with Crippen LogP contribution in [0.3, 0.4) is 0 Å². The summed E-state index contributed by atoms with van der Waals surface area (Å²) in [5, 5.41) is 13.8. The van der Waals surface area contributed by atoms with Gasteiger partial charge < -0.3 is 10.4 Å². The Kier molecular flexibility index (Phi) is 5.29. The summed E-state index contributed by atoms with van der Waals surface area (Å²) in [5.41, 5.74) is -0.815. The van der Waals surface area contributed by atoms with E-state index in [0.29, 0.717) is 26.1 Å². The summed E-state index contributed by atoms with van der Waals surface area (Å²) in [6.07, 6.45) is 1.34. The Bertz CT molecular complexity index is 372. The van der Waals surface area contributed by atoms with E-state index in [4.69, 9.17) is 0 Å². The van der Waals surface area contributed by atoms with Gasteiger partial charge in [-0.2, -0.15) is 0 Å². The van der Waals surface area contributed by atoms with Gasteiger partial charge in [-0.05, 0) is 33.2 Å². The summed E-state index contributed by atoms with van der Waals surface area (Å²) in [5.74, 6) is -1.26. The maximum absolute atomic E-state index is 11.6. The molecule has 1 heterocycles. The SMILES string of the molecule is CCNC(=O)NC(=O)CN1CCCC(C)(C(=O)O)C1. The van der Waals surface area contributed by atoms with Crippen molar-refractivity contribution in [3.8, 4) is 0 Å². The van der Waals surface area contributed by atoms with Gasteiger partial charge in [0, 0.05) is 13.1 Å². The number of aliphatic carboxylic acids is 1. The van der Waals surface area contributed by atoms with E-state index in [1.807, 2.05) is 0 Å². The molecule has 1 aliphatic rings. The van der Waals surface area contributed by atoms with Crippen molar-refractivity contribution in [2.75, 3.05) is 26.2 Å². The highest BCUT2D eigenvalue weighted by Gasteiger charge is 2.38. The summed E-state index contributed by atoms with van der Waals surface area (Å²) in [6, 6.07) is -0.523. The van der Waals surface area contributed by atoms with Crippen LogP contribution in [0, 0.1) is 5.41 Å². The quantitative estimate of drug-likeness (QED) is 0.669. The van der Waals surface area contributed by atoms with E-state index in [9.17, 15) is 19.5 Å². The molecule has 0 aromatic heterocycles. The minimum absolute atomic E-state index is 0.0417. The van der Waals surface area contributed by atoms with Gasteiger partial charge in [-0.15, -0.1) is 0 Å². The number of hydrogen-bond donors (Lipinski definition) is 3. The Morgan fingerprint density at radius 1 is 1.37 bits per heavy atom. The van der Waals surface area contributed by atoms with Crippen molar-refractivity contribution in [3.63, 3.8) is 0 Å². The summed E-state index contributed by atoms with van der Waals surface area (Å²) in [6.45, 7) is 4.92. The van der Waals surface area contributed by atoms with Gasteiger partial charge in [-0.25, -0.2) is 4.79 Å². The number of carboxylic acid groups (broad SMARTS) is 1. The van der Waals surface area contributed by atoms with Crippen molar-refractivity contribution in [1.82, 2.24) is 15.5 Å². The number of likely N-dealkylation sites (tertiary alicyclic amines) is 1. The zero-order valence-electron chi connectivity index (χ0n) is 11.4. The van der Waals surface area contributed by atoms with Crippen molar-refractivity contribution in [2.45, 2.75) is 26.7 Å². The Labute approximate surface area is 112 Å². The van der Waals surface area contributed by atoms with Crippen molar-refractivity contribution < 1.29 is 19.5 Å². The van der Waals surface area contributed by atoms with Crippen LogP contribution in [0.5, 0.6) is 0 Å². The molecule has 1 atom stereocenters. The smallest absolute Gasteiger partial charge is 0.321 e. The van der Waals surface area contributed by atoms with Crippen molar-refractivity contribution in [2.24, 2.45) is 5.41 Å². The molecule has 1 fully saturated rings. The van der Waals surface area contributed by atoms with Crippen LogP contribution < -0.4 is 10.6 Å². The molecule has 0 aromatic rings. The summed E-state index contributed by atoms with van der Waals surface area (Å²) < 4.78 is 0. The number of nitrogens with one attached hydrogen (secondary N) is 2. The molecule has 1 rings (SSSR count). The number of piperidine rings is 1. The second kappa shape index (κ2) is 6.51. The summed E-state index contributed by atoms with van der Waals surface area (Å²) in [4.78, 5) is 35.7. The molecular formula is C12H21N3O4. The maximum atomic E-state index is 11.6. The van der Waals surface area contributed by atoms with E-state index in [2.05, 4.69) is 10.6 Å². The standard InChI is InChI=1S/C12H21N3O4/c1-3-13-11(19)14-9(16)7-15-6-4-5-12(2,8-15)10(17)18/h3-8H2,1-2H3,(H,17,18)(H2,13,14,16,19). The van der Waals surface area contributed by atoms with Crippen LogP contribution in [0.4, 0.5) is 4.79 Å². The predicted octanol–water partition coefficient (Wildman–Crippen LogP) is 0.0188. The molecule has 0 bridgehead atoms. The molecule has 7 heteroatoms. The third kappa shape index (κ3) is 4.51. The first-order valence-corrected chi connectivity index (χ1v) is 6.41. The number of amides is 3. The molecule has 3 N–H and O–H groups in total. The molecule has 3 amide bonds. The van der Waals surface area contributed by atoms with Crippen LogP contribution in [0.15, 0.2) is 0 Å². The molecule has 1 aliphatic heterocycles. The normalized spacial score (nSPS) is 23.7. The topological polar surface area (TPSA) is 98.7 Å². The molecule has 1 saturated heterocycles. The lowest BCUT2D eigenvalue weighted by Gasteiger charge is -2.36. The van der Waals surface area contributed by atoms with Gasteiger partial charge in [0.05, 0.1) is 12.0 Å². The zero-order valence-corrected chi connectivity index (χ0v) is 11.4. The van der Waals surface area contributed by atoms with Crippen LogP contribution >= 0.6 is 0 Å². The molecule has 0 aliphatic carbocycles. The molecule has 19 heavy (non-hydrogen) atoms. The molecule has 0 spiro atoms. The Morgan fingerprint density at radius 3 is 2.63 bits per heavy atom. The van der Waals surface area contributed by atoms with Gasteiger partial charge in [-0.1, -0.05) is 0 Å². The number of rotatable bonds is 4. The first kappa shape index (κ1) is 15.4. The number of carboxylic acids is 1. The number of carbonyl (C=O) groups is 3. The minimum atomic E-state index is -0.846. The third-order valence-corrected chi connectivity index (χ3v) is 3.25. The second-order valence-corrected chi connectivity index (χ2v) is 5.09. The highest BCUT2D eigenvalue weighted by atomic mass is 16.4. The lowest BCUT2D eigenvalue weighted by molar-refractivity contribution is -0.151. The average molecular weight is 271 g/mol. The van der Waals surface area contributed by atoms with Crippen LogP contribution in [-0.2, 0) is 9.59 Å². The van der Waals surface area contributed by atoms with Gasteiger partial charge in [0.2, 0.25) is 5.91 Å². The van der Waals surface area contributed by atoms with Gasteiger partial charge >= 0.3 is 12.0 Å². The van der Waals surface area contributed by atoms with Crippen molar-refractivity contribution in [3.05, 3.63) is 0 Å². The van der Waals surface area contributed by atoms with E-state index in [0.717, 1.165) is 6.42 Å². The fourth-order valence-electron chi connectivity index (χ4n) is 2.23. The number of imide groups is 1. The highest BCUT2D eigenvalue weighted by Crippen LogP contribution is 2.29. The molecule has 0 aromatic carbocycles. The second-order valence-electron chi connectivity index (χ2n) is 5.09. The molecular weight excluding hydrogens is 250 g/mol. The molecule has 7 nitrogen and oxygen atoms in total. The molecule has 0 saturated carbocycles. The zero-order chi connectivity index (χ0) is 14.5. The monoisotopic (exact) mass is 271 g/mol. The Hall–Kier alpha value is -1.63. The average Bonchev–Trinajstić information content (AvgIpc) is 2.28. The van der Waals surface area contributed by atoms with E-state index in [1.165, 1.54) is 0 Å². The number of nitrogens with zero attached hydrogens (tertiary/aromatic N) is 1. The van der Waals surface area contributed by atoms with E-state index >= 15 is 0 Å². The fourth-order valence-corrected chi connectivity index (χ4v) is 2.23. The lowest BCUT2D eigenvalue weighted by atomic mass is 9.82. The van der Waals surface area contributed by atoms with Gasteiger partial charge in [-0.3, -0.25) is 19.8 Å². The van der Waals surface area contributed by atoms with Crippen LogP contribution in [0.2, 0.25) is 0 Å². The fraction of sp³-hybridized carbons (Fsp3) is 0.750. The van der Waals surface area contributed by atoms with E-state index in [-0.39, 0.29) is 6.54 Å². The van der Waals surface area contributed by atoms with Gasteiger partial charge in [0.1, 0.15) is 0 Å². The van der Waals surface area contributed by atoms with E-state index in [1.54, 1.807) is 18.7 Å². The summed E-state index contributed by atoms with van der Waals surface area (Å²) in [7, 11) is 0. The predicted molar refractivity (Wildman–Crippen MR) is 68.6 cm³/mol. The van der Waals surface area contributed by atoms with Crippen molar-refractivity contribution in [1.29, 1.82) is 0 Å². The first-order chi connectivity index (χ1) is 8.87. The van der Waals surface area contributed by atoms with Crippen LogP contribution in [0.25, 0.3) is 0 Å².